The van der Waals surface area contributed by atoms with E-state index in [2.05, 4.69) is 15.5 Å². The molecule has 7 nitrogen and oxygen atoms in total. The van der Waals surface area contributed by atoms with Crippen molar-refractivity contribution in [3.05, 3.63) is 107 Å². The van der Waals surface area contributed by atoms with E-state index in [0.29, 0.717) is 43.2 Å². The first-order valence-corrected chi connectivity index (χ1v) is 12.9. The van der Waals surface area contributed by atoms with Gasteiger partial charge in [0.15, 0.2) is 5.82 Å². The van der Waals surface area contributed by atoms with Gasteiger partial charge in [0, 0.05) is 24.2 Å². The number of likely N-dealkylation sites (tertiary alicyclic amines) is 1. The minimum absolute atomic E-state index is 0.0103. The van der Waals surface area contributed by atoms with Crippen LogP contribution in [0.1, 0.15) is 54.0 Å². The third kappa shape index (κ3) is 4.96. The fraction of sp³-hybridized carbons (Fsp3) is 0.290. The van der Waals surface area contributed by atoms with Gasteiger partial charge in [-0.1, -0.05) is 65.8 Å². The summed E-state index contributed by atoms with van der Waals surface area (Å²) >= 11 is 0. The lowest BCUT2D eigenvalue weighted by atomic mass is 9.71. The molecule has 194 valence electrons. The number of hydrogen-bond acceptors (Lipinski definition) is 5. The summed E-state index contributed by atoms with van der Waals surface area (Å²) in [5.74, 6) is 0.928. The predicted octanol–water partition coefficient (Wildman–Crippen LogP) is 5.27. The number of nitrogens with zero attached hydrogens (tertiary/aromatic N) is 3. The fourth-order valence-corrected chi connectivity index (χ4v) is 5.18. The number of piperidine rings is 1. The van der Waals surface area contributed by atoms with E-state index in [9.17, 15) is 9.59 Å². The van der Waals surface area contributed by atoms with Crippen LogP contribution in [-0.4, -0.2) is 39.9 Å². The Bertz CT molecular complexity index is 1400. The highest BCUT2D eigenvalue weighted by Gasteiger charge is 2.45. The number of hydrogen-bond donors (Lipinski definition) is 1. The second-order valence-electron chi connectivity index (χ2n) is 10.4. The van der Waals surface area contributed by atoms with Crippen LogP contribution in [0.25, 0.3) is 11.5 Å². The van der Waals surface area contributed by atoms with Crippen molar-refractivity contribution in [2.24, 2.45) is 0 Å². The van der Waals surface area contributed by atoms with Crippen LogP contribution in [0.2, 0.25) is 0 Å². The Morgan fingerprint density at radius 2 is 1.50 bits per heavy atom. The second-order valence-corrected chi connectivity index (χ2v) is 10.4. The van der Waals surface area contributed by atoms with Crippen molar-refractivity contribution in [1.82, 2.24) is 20.4 Å². The van der Waals surface area contributed by atoms with Crippen molar-refractivity contribution >= 4 is 11.8 Å². The molecular formula is C31H32N4O3. The second kappa shape index (κ2) is 10.2. The van der Waals surface area contributed by atoms with Gasteiger partial charge in [-0.05, 0) is 69.0 Å². The molecule has 1 fully saturated rings. The van der Waals surface area contributed by atoms with Crippen molar-refractivity contribution in [2.45, 2.75) is 44.6 Å². The molecule has 2 amide bonds. The van der Waals surface area contributed by atoms with E-state index in [0.717, 1.165) is 16.7 Å². The number of benzene rings is 3. The smallest absolute Gasteiger partial charge is 0.257 e. The first-order valence-electron chi connectivity index (χ1n) is 12.9. The first kappa shape index (κ1) is 25.4. The maximum absolute atomic E-state index is 14.0. The van der Waals surface area contributed by atoms with E-state index in [-0.39, 0.29) is 11.8 Å². The molecule has 1 saturated heterocycles. The quantitative estimate of drug-likeness (QED) is 0.383. The summed E-state index contributed by atoms with van der Waals surface area (Å²) in [5.41, 5.74) is 2.12. The largest absolute Gasteiger partial charge is 0.346 e. The number of aryl methyl sites for hydroxylation is 1. The van der Waals surface area contributed by atoms with Gasteiger partial charge in [-0.25, -0.2) is 0 Å². The van der Waals surface area contributed by atoms with Crippen molar-refractivity contribution in [1.29, 1.82) is 0 Å². The van der Waals surface area contributed by atoms with Crippen molar-refractivity contribution in [3.63, 3.8) is 0 Å². The number of aromatic nitrogens is 2. The highest BCUT2D eigenvalue weighted by molar-refractivity contribution is 5.95. The summed E-state index contributed by atoms with van der Waals surface area (Å²) in [6.07, 6.45) is 1.08. The molecule has 1 aromatic heterocycles. The van der Waals surface area contributed by atoms with E-state index in [1.54, 1.807) is 19.1 Å². The van der Waals surface area contributed by atoms with Gasteiger partial charge in [0.2, 0.25) is 5.91 Å². The molecule has 5 rings (SSSR count). The van der Waals surface area contributed by atoms with Crippen LogP contribution in [0.15, 0.2) is 89.5 Å². The maximum Gasteiger partial charge on any atom is 0.257 e. The fourth-order valence-electron chi connectivity index (χ4n) is 5.18. The molecule has 0 spiro atoms. The standard InChI is InChI=1S/C31H32N4O3/c1-22-32-27(38-34-22)23-14-16-24(17-15-23)28(36)35-20-18-31(19-21-35,26-12-8-5-9-13-26)29(37)33-30(2,3)25-10-6-4-7-11-25/h4-17H,18-21H2,1-3H3,(H,33,37). The van der Waals surface area contributed by atoms with Crippen molar-refractivity contribution < 1.29 is 14.1 Å². The lowest BCUT2D eigenvalue weighted by molar-refractivity contribution is -0.130. The van der Waals surface area contributed by atoms with Gasteiger partial charge in [0.25, 0.3) is 11.8 Å². The SMILES string of the molecule is Cc1noc(-c2ccc(C(=O)N3CCC(C(=O)NC(C)(C)c4ccccc4)(c4ccccc4)CC3)cc2)n1. The Kier molecular flexibility index (Phi) is 6.85. The Hall–Kier alpha value is -4.26. The molecule has 0 bridgehead atoms. The summed E-state index contributed by atoms with van der Waals surface area (Å²) in [6.45, 7) is 6.78. The first-order chi connectivity index (χ1) is 18.3. The van der Waals surface area contributed by atoms with Gasteiger partial charge in [-0.2, -0.15) is 4.98 Å². The van der Waals surface area contributed by atoms with Gasteiger partial charge in [0.05, 0.1) is 11.0 Å². The minimum Gasteiger partial charge on any atom is -0.346 e. The topological polar surface area (TPSA) is 88.3 Å². The number of amides is 2. The minimum atomic E-state index is -0.718. The van der Waals surface area contributed by atoms with Crippen LogP contribution in [-0.2, 0) is 15.7 Å². The van der Waals surface area contributed by atoms with Crippen LogP contribution in [0.4, 0.5) is 0 Å². The zero-order valence-corrected chi connectivity index (χ0v) is 22.0. The molecule has 7 heteroatoms. The molecule has 0 aliphatic carbocycles. The lowest BCUT2D eigenvalue weighted by Gasteiger charge is -2.43. The molecule has 38 heavy (non-hydrogen) atoms. The summed E-state index contributed by atoms with van der Waals surface area (Å²) in [7, 11) is 0. The Labute approximate surface area is 222 Å². The Morgan fingerprint density at radius 3 is 2.08 bits per heavy atom. The molecule has 2 heterocycles. The molecule has 3 aromatic carbocycles. The summed E-state index contributed by atoms with van der Waals surface area (Å²) in [6, 6.07) is 27.1. The molecule has 0 unspecified atom stereocenters. The zero-order valence-electron chi connectivity index (χ0n) is 22.0. The van der Waals surface area contributed by atoms with E-state index < -0.39 is 11.0 Å². The van der Waals surface area contributed by atoms with Crippen LogP contribution >= 0.6 is 0 Å². The summed E-state index contributed by atoms with van der Waals surface area (Å²) < 4.78 is 5.22. The van der Waals surface area contributed by atoms with Crippen LogP contribution in [0.5, 0.6) is 0 Å². The number of rotatable bonds is 6. The lowest BCUT2D eigenvalue weighted by Crippen LogP contribution is -2.56. The van der Waals surface area contributed by atoms with E-state index >= 15 is 0 Å². The summed E-state index contributed by atoms with van der Waals surface area (Å²) in [5, 5.41) is 7.14. The van der Waals surface area contributed by atoms with Crippen molar-refractivity contribution in [2.75, 3.05) is 13.1 Å². The predicted molar refractivity (Wildman–Crippen MR) is 145 cm³/mol. The van der Waals surface area contributed by atoms with Gasteiger partial charge >= 0.3 is 0 Å². The van der Waals surface area contributed by atoms with Gasteiger partial charge in [-0.15, -0.1) is 0 Å². The Morgan fingerprint density at radius 1 is 0.895 bits per heavy atom. The third-order valence-electron chi connectivity index (χ3n) is 7.49. The highest BCUT2D eigenvalue weighted by atomic mass is 16.5. The summed E-state index contributed by atoms with van der Waals surface area (Å²) in [4.78, 5) is 33.4. The molecule has 1 aliphatic rings. The average Bonchev–Trinajstić information content (AvgIpc) is 3.39. The molecule has 0 atom stereocenters. The van der Waals surface area contributed by atoms with Crippen LogP contribution < -0.4 is 5.32 Å². The van der Waals surface area contributed by atoms with Gasteiger partial charge in [0.1, 0.15) is 0 Å². The molecule has 0 saturated carbocycles. The highest BCUT2D eigenvalue weighted by Crippen LogP contribution is 2.37. The monoisotopic (exact) mass is 508 g/mol. The van der Waals surface area contributed by atoms with Gasteiger partial charge < -0.3 is 14.7 Å². The zero-order chi connectivity index (χ0) is 26.8. The van der Waals surface area contributed by atoms with Crippen LogP contribution in [0, 0.1) is 6.92 Å². The van der Waals surface area contributed by atoms with E-state index in [1.807, 2.05) is 91.5 Å². The number of nitrogens with one attached hydrogen (secondary N) is 1. The molecule has 4 aromatic rings. The molecule has 0 radical (unpaired) electrons. The molecule has 1 N–H and O–H groups in total. The molecule has 1 aliphatic heterocycles. The maximum atomic E-state index is 14.0. The van der Waals surface area contributed by atoms with E-state index in [1.165, 1.54) is 0 Å². The van der Waals surface area contributed by atoms with Gasteiger partial charge in [-0.3, -0.25) is 9.59 Å². The van der Waals surface area contributed by atoms with Crippen LogP contribution in [0.3, 0.4) is 0 Å². The van der Waals surface area contributed by atoms with Crippen molar-refractivity contribution in [3.8, 4) is 11.5 Å². The normalized spacial score (nSPS) is 15.2. The Balaban J connectivity index is 1.34. The third-order valence-corrected chi connectivity index (χ3v) is 7.49. The number of carbonyl (C=O) groups is 2. The number of carbonyl (C=O) groups excluding carboxylic acids is 2. The molecular weight excluding hydrogens is 476 g/mol. The van der Waals surface area contributed by atoms with E-state index in [4.69, 9.17) is 4.52 Å². The average molecular weight is 509 g/mol.